The molecule has 0 saturated heterocycles. The van der Waals surface area contributed by atoms with Gasteiger partial charge in [-0.2, -0.15) is 0 Å². The zero-order valence-corrected chi connectivity index (χ0v) is 10.3. The molecular formula is C13H20O4. The van der Waals surface area contributed by atoms with E-state index >= 15 is 0 Å². The number of rotatable bonds is 4. The molecule has 2 fully saturated rings. The monoisotopic (exact) mass is 240 g/mol. The number of fused-ring (bicyclic) bond motifs is 2. The molecule has 96 valence electrons. The molecule has 0 aromatic carbocycles. The lowest BCUT2D eigenvalue weighted by atomic mass is 9.69. The highest BCUT2D eigenvalue weighted by molar-refractivity contribution is 5.80. The Morgan fingerprint density at radius 3 is 2.12 bits per heavy atom. The first kappa shape index (κ1) is 12.4. The second-order valence-corrected chi connectivity index (χ2v) is 5.76. The molecule has 2 aliphatic rings. The van der Waals surface area contributed by atoms with E-state index < -0.39 is 23.8 Å². The topological polar surface area (TPSA) is 74.6 Å². The molecule has 17 heavy (non-hydrogen) atoms. The molecule has 4 nitrogen and oxygen atoms in total. The Morgan fingerprint density at radius 2 is 1.71 bits per heavy atom. The number of aliphatic carboxylic acids is 2. The summed E-state index contributed by atoms with van der Waals surface area (Å²) < 4.78 is 0. The van der Waals surface area contributed by atoms with Crippen molar-refractivity contribution >= 4 is 11.9 Å². The van der Waals surface area contributed by atoms with Crippen LogP contribution in [0.2, 0.25) is 0 Å². The van der Waals surface area contributed by atoms with E-state index in [-0.39, 0.29) is 5.92 Å². The smallest absolute Gasteiger partial charge is 0.307 e. The molecular weight excluding hydrogens is 220 g/mol. The Bertz CT molecular complexity index is 336. The minimum atomic E-state index is -0.993. The van der Waals surface area contributed by atoms with Crippen molar-refractivity contribution in [2.24, 2.45) is 35.5 Å². The number of carboxylic acid groups (broad SMARTS) is 2. The minimum absolute atomic E-state index is 0.0531. The molecule has 0 amide bonds. The first-order valence-electron chi connectivity index (χ1n) is 6.39. The van der Waals surface area contributed by atoms with E-state index in [1.54, 1.807) is 0 Å². The van der Waals surface area contributed by atoms with Crippen molar-refractivity contribution in [2.45, 2.75) is 33.1 Å². The van der Waals surface area contributed by atoms with E-state index in [1.165, 1.54) is 13.3 Å². The summed E-state index contributed by atoms with van der Waals surface area (Å²) in [6.45, 7) is 3.62. The van der Waals surface area contributed by atoms with E-state index in [0.29, 0.717) is 17.8 Å². The van der Waals surface area contributed by atoms with E-state index in [0.717, 1.165) is 12.8 Å². The Balaban J connectivity index is 2.22. The average Bonchev–Trinajstić information content (AvgIpc) is 2.81. The van der Waals surface area contributed by atoms with E-state index in [2.05, 4.69) is 6.92 Å². The van der Waals surface area contributed by atoms with Crippen LogP contribution in [-0.4, -0.2) is 22.2 Å². The Hall–Kier alpha value is -1.06. The van der Waals surface area contributed by atoms with Gasteiger partial charge >= 0.3 is 11.9 Å². The predicted octanol–water partition coefficient (Wildman–Crippen LogP) is 2.09. The van der Waals surface area contributed by atoms with Gasteiger partial charge < -0.3 is 10.2 Å². The number of carboxylic acids is 2. The highest BCUT2D eigenvalue weighted by Crippen LogP contribution is 2.55. The van der Waals surface area contributed by atoms with Crippen LogP contribution in [-0.2, 0) is 9.59 Å². The van der Waals surface area contributed by atoms with Gasteiger partial charge in [-0.3, -0.25) is 9.59 Å². The SMILES string of the molecule is CC(C(=O)O)C(C(=O)O)C1C2CCC(C2)C1C. The molecule has 6 atom stereocenters. The first-order chi connectivity index (χ1) is 7.93. The number of carbonyl (C=O) groups is 2. The highest BCUT2D eigenvalue weighted by atomic mass is 16.4. The van der Waals surface area contributed by atoms with Crippen LogP contribution in [0.1, 0.15) is 33.1 Å². The van der Waals surface area contributed by atoms with Crippen molar-refractivity contribution in [1.82, 2.24) is 0 Å². The largest absolute Gasteiger partial charge is 0.481 e. The van der Waals surface area contributed by atoms with Crippen LogP contribution < -0.4 is 0 Å². The molecule has 2 saturated carbocycles. The van der Waals surface area contributed by atoms with E-state index in [9.17, 15) is 14.7 Å². The Labute approximate surface area is 101 Å². The molecule has 0 aliphatic heterocycles. The molecule has 2 rings (SSSR count). The first-order valence-corrected chi connectivity index (χ1v) is 6.39. The summed E-state index contributed by atoms with van der Waals surface area (Å²) in [7, 11) is 0. The third kappa shape index (κ3) is 1.94. The van der Waals surface area contributed by atoms with Gasteiger partial charge in [-0.1, -0.05) is 13.8 Å². The van der Waals surface area contributed by atoms with Gasteiger partial charge in [0, 0.05) is 0 Å². The van der Waals surface area contributed by atoms with Crippen LogP contribution in [0.4, 0.5) is 0 Å². The van der Waals surface area contributed by atoms with Gasteiger partial charge in [-0.05, 0) is 42.9 Å². The second-order valence-electron chi connectivity index (χ2n) is 5.76. The maximum absolute atomic E-state index is 11.4. The van der Waals surface area contributed by atoms with Crippen LogP contribution in [0.25, 0.3) is 0 Å². The molecule has 2 N–H and O–H groups in total. The zero-order chi connectivity index (χ0) is 12.7. The molecule has 2 bridgehead atoms. The summed E-state index contributed by atoms with van der Waals surface area (Å²) in [5, 5.41) is 18.4. The van der Waals surface area contributed by atoms with Gasteiger partial charge in [0.15, 0.2) is 0 Å². The molecule has 2 aliphatic carbocycles. The van der Waals surface area contributed by atoms with Gasteiger partial charge in [-0.15, -0.1) is 0 Å². The zero-order valence-electron chi connectivity index (χ0n) is 10.3. The normalized spacial score (nSPS) is 38.9. The summed E-state index contributed by atoms with van der Waals surface area (Å²) in [5.41, 5.74) is 0. The molecule has 6 unspecified atom stereocenters. The quantitative estimate of drug-likeness (QED) is 0.789. The molecule has 0 radical (unpaired) electrons. The molecule has 0 heterocycles. The fourth-order valence-corrected chi connectivity index (χ4v) is 4.11. The molecule has 0 spiro atoms. The summed E-state index contributed by atoms with van der Waals surface area (Å²) in [5.74, 6) is -1.99. The summed E-state index contributed by atoms with van der Waals surface area (Å²) in [6, 6.07) is 0. The van der Waals surface area contributed by atoms with E-state index in [1.807, 2.05) is 0 Å². The lowest BCUT2D eigenvalue weighted by Crippen LogP contribution is -2.39. The van der Waals surface area contributed by atoms with E-state index in [4.69, 9.17) is 5.11 Å². The lowest BCUT2D eigenvalue weighted by Gasteiger charge is -2.34. The fraction of sp³-hybridized carbons (Fsp3) is 0.846. The van der Waals surface area contributed by atoms with Gasteiger partial charge in [0.2, 0.25) is 0 Å². The third-order valence-electron chi connectivity index (χ3n) is 5.04. The summed E-state index contributed by atoms with van der Waals surface area (Å²) >= 11 is 0. The van der Waals surface area contributed by atoms with Crippen molar-refractivity contribution in [2.75, 3.05) is 0 Å². The maximum Gasteiger partial charge on any atom is 0.307 e. The Kier molecular flexibility index (Phi) is 3.15. The van der Waals surface area contributed by atoms with Crippen LogP contribution in [0.15, 0.2) is 0 Å². The van der Waals surface area contributed by atoms with Crippen LogP contribution in [0.3, 0.4) is 0 Å². The predicted molar refractivity (Wildman–Crippen MR) is 61.4 cm³/mol. The van der Waals surface area contributed by atoms with Crippen molar-refractivity contribution in [3.05, 3.63) is 0 Å². The van der Waals surface area contributed by atoms with Crippen LogP contribution in [0, 0.1) is 35.5 Å². The molecule has 0 aromatic heterocycles. The van der Waals surface area contributed by atoms with Gasteiger partial charge in [0.05, 0.1) is 11.8 Å². The van der Waals surface area contributed by atoms with Crippen LogP contribution >= 0.6 is 0 Å². The fourth-order valence-electron chi connectivity index (χ4n) is 4.11. The minimum Gasteiger partial charge on any atom is -0.481 e. The molecule has 4 heteroatoms. The summed E-state index contributed by atoms with van der Waals surface area (Å²) in [4.78, 5) is 22.4. The van der Waals surface area contributed by atoms with Crippen molar-refractivity contribution in [3.63, 3.8) is 0 Å². The second kappa shape index (κ2) is 4.31. The van der Waals surface area contributed by atoms with Gasteiger partial charge in [0.1, 0.15) is 0 Å². The van der Waals surface area contributed by atoms with Gasteiger partial charge in [0.25, 0.3) is 0 Å². The lowest BCUT2D eigenvalue weighted by molar-refractivity contribution is -0.157. The highest BCUT2D eigenvalue weighted by Gasteiger charge is 2.52. The standard InChI is InChI=1S/C13H20O4/c1-6-8-3-4-9(5-8)10(6)11(13(16)17)7(2)12(14)15/h6-11H,3-5H2,1-2H3,(H,14,15)(H,16,17). The average molecular weight is 240 g/mol. The van der Waals surface area contributed by atoms with Crippen molar-refractivity contribution in [1.29, 1.82) is 0 Å². The van der Waals surface area contributed by atoms with Crippen LogP contribution in [0.5, 0.6) is 0 Å². The third-order valence-corrected chi connectivity index (χ3v) is 5.04. The number of hydrogen-bond donors (Lipinski definition) is 2. The summed E-state index contributed by atoms with van der Waals surface area (Å²) in [6.07, 6.45) is 3.37. The number of hydrogen-bond acceptors (Lipinski definition) is 2. The van der Waals surface area contributed by atoms with Gasteiger partial charge in [-0.25, -0.2) is 0 Å². The molecule has 0 aromatic rings. The maximum atomic E-state index is 11.4. The van der Waals surface area contributed by atoms with Crippen molar-refractivity contribution < 1.29 is 19.8 Å². The van der Waals surface area contributed by atoms with Crippen molar-refractivity contribution in [3.8, 4) is 0 Å². The Morgan fingerprint density at radius 1 is 1.12 bits per heavy atom.